The van der Waals surface area contributed by atoms with Gasteiger partial charge in [0.15, 0.2) is 0 Å². The molecule has 1 amide bonds. The Hall–Kier alpha value is -3.40. The highest BCUT2D eigenvalue weighted by Crippen LogP contribution is 2.17. The number of amides is 1. The van der Waals surface area contributed by atoms with Crippen molar-refractivity contribution >= 4 is 12.2 Å². The van der Waals surface area contributed by atoms with Crippen molar-refractivity contribution in [2.45, 2.75) is 13.1 Å². The molecule has 27 heavy (non-hydrogen) atoms. The number of hydrogen-bond acceptors (Lipinski definition) is 3. The van der Waals surface area contributed by atoms with E-state index in [1.165, 1.54) is 0 Å². The summed E-state index contributed by atoms with van der Waals surface area (Å²) in [4.78, 5) is 25.7. The van der Waals surface area contributed by atoms with Gasteiger partial charge in [-0.3, -0.25) is 9.59 Å². The Labute approximate surface area is 159 Å². The first-order valence-corrected chi connectivity index (χ1v) is 8.71. The highest BCUT2D eigenvalue weighted by atomic mass is 16.5. The van der Waals surface area contributed by atoms with Crippen LogP contribution in [-0.2, 0) is 13.1 Å². The third kappa shape index (κ3) is 4.82. The Morgan fingerprint density at radius 3 is 2.00 bits per heavy atom. The largest absolute Gasteiger partial charge is 0.497 e. The monoisotopic (exact) mass is 359 g/mol. The Morgan fingerprint density at radius 1 is 0.852 bits per heavy atom. The molecular weight excluding hydrogens is 338 g/mol. The summed E-state index contributed by atoms with van der Waals surface area (Å²) in [6.45, 7) is 0.980. The van der Waals surface area contributed by atoms with Gasteiger partial charge in [-0.05, 0) is 35.4 Å². The van der Waals surface area contributed by atoms with E-state index in [1.807, 2.05) is 54.6 Å². The maximum atomic E-state index is 13.1. The zero-order valence-electron chi connectivity index (χ0n) is 15.2. The van der Waals surface area contributed by atoms with Gasteiger partial charge in [-0.1, -0.05) is 54.6 Å². The second-order valence-corrected chi connectivity index (χ2v) is 6.23. The van der Waals surface area contributed by atoms with Crippen molar-refractivity contribution in [3.05, 3.63) is 101 Å². The van der Waals surface area contributed by atoms with Crippen molar-refractivity contribution in [1.29, 1.82) is 0 Å². The first-order chi connectivity index (χ1) is 13.2. The van der Waals surface area contributed by atoms with Crippen LogP contribution in [0.15, 0.2) is 78.9 Å². The fourth-order valence-electron chi connectivity index (χ4n) is 2.84. The minimum absolute atomic E-state index is 0.0767. The highest BCUT2D eigenvalue weighted by Gasteiger charge is 2.17. The second-order valence-electron chi connectivity index (χ2n) is 6.23. The van der Waals surface area contributed by atoms with Gasteiger partial charge in [0.05, 0.1) is 7.11 Å². The first kappa shape index (κ1) is 18.4. The fourth-order valence-corrected chi connectivity index (χ4v) is 2.84. The van der Waals surface area contributed by atoms with Crippen molar-refractivity contribution in [1.82, 2.24) is 4.90 Å². The first-order valence-electron chi connectivity index (χ1n) is 8.71. The summed E-state index contributed by atoms with van der Waals surface area (Å²) in [5.41, 5.74) is 3.19. The number of ether oxygens (including phenoxy) is 1. The van der Waals surface area contributed by atoms with Gasteiger partial charge in [0, 0.05) is 24.2 Å². The molecule has 3 aromatic rings. The van der Waals surface area contributed by atoms with Crippen LogP contribution in [0.2, 0.25) is 0 Å². The standard InChI is InChI=1S/C23H21NO3/c1-27-22-13-9-19(10-14-22)16-24(15-18-5-3-2-4-6-18)23(26)21-11-7-20(17-25)8-12-21/h2-14,17H,15-16H2,1H3. The summed E-state index contributed by atoms with van der Waals surface area (Å²) in [5, 5.41) is 0. The third-order valence-electron chi connectivity index (χ3n) is 4.33. The van der Waals surface area contributed by atoms with Gasteiger partial charge in [0.1, 0.15) is 12.0 Å². The van der Waals surface area contributed by atoms with Crippen LogP contribution < -0.4 is 4.74 Å². The molecule has 0 spiro atoms. The molecule has 4 nitrogen and oxygen atoms in total. The molecule has 0 N–H and O–H groups in total. The van der Waals surface area contributed by atoms with Crippen LogP contribution >= 0.6 is 0 Å². The molecule has 0 saturated carbocycles. The van der Waals surface area contributed by atoms with E-state index in [1.54, 1.807) is 36.3 Å². The third-order valence-corrected chi connectivity index (χ3v) is 4.33. The minimum atomic E-state index is -0.0767. The SMILES string of the molecule is COc1ccc(CN(Cc2ccccc2)C(=O)c2ccc(C=O)cc2)cc1. The molecule has 0 aliphatic rings. The summed E-state index contributed by atoms with van der Waals surface area (Å²) >= 11 is 0. The van der Waals surface area contributed by atoms with Crippen LogP contribution in [0.5, 0.6) is 5.75 Å². The lowest BCUT2D eigenvalue weighted by molar-refractivity contribution is 0.0729. The van der Waals surface area contributed by atoms with Crippen LogP contribution in [0.3, 0.4) is 0 Å². The Kier molecular flexibility index (Phi) is 6.00. The van der Waals surface area contributed by atoms with Crippen molar-refractivity contribution in [2.75, 3.05) is 7.11 Å². The normalized spacial score (nSPS) is 10.3. The molecule has 3 aromatic carbocycles. The van der Waals surface area contributed by atoms with Crippen LogP contribution in [0, 0.1) is 0 Å². The molecule has 0 heterocycles. The lowest BCUT2D eigenvalue weighted by Crippen LogP contribution is -2.30. The Bertz CT molecular complexity index is 887. The zero-order chi connectivity index (χ0) is 19.1. The van der Waals surface area contributed by atoms with Crippen molar-refractivity contribution in [3.63, 3.8) is 0 Å². The molecule has 0 aliphatic carbocycles. The van der Waals surface area contributed by atoms with Crippen molar-refractivity contribution in [3.8, 4) is 5.75 Å². The molecule has 3 rings (SSSR count). The maximum Gasteiger partial charge on any atom is 0.254 e. The number of rotatable bonds is 7. The predicted octanol–water partition coefficient (Wildman–Crippen LogP) is 4.35. The number of methoxy groups -OCH3 is 1. The molecule has 0 fully saturated rings. The van der Waals surface area contributed by atoms with Crippen molar-refractivity contribution in [2.24, 2.45) is 0 Å². The molecule has 0 saturated heterocycles. The zero-order valence-corrected chi connectivity index (χ0v) is 15.2. The molecule has 136 valence electrons. The van der Waals surface area contributed by atoms with Crippen LogP contribution in [0.25, 0.3) is 0 Å². The van der Waals surface area contributed by atoms with E-state index in [-0.39, 0.29) is 5.91 Å². The van der Waals surface area contributed by atoms with E-state index in [9.17, 15) is 9.59 Å². The topological polar surface area (TPSA) is 46.6 Å². The van der Waals surface area contributed by atoms with Gasteiger partial charge in [0.25, 0.3) is 5.91 Å². The van der Waals surface area contributed by atoms with E-state index < -0.39 is 0 Å². The summed E-state index contributed by atoms with van der Waals surface area (Å²) in [7, 11) is 1.63. The summed E-state index contributed by atoms with van der Waals surface area (Å²) in [6.07, 6.45) is 0.771. The van der Waals surface area contributed by atoms with Gasteiger partial charge < -0.3 is 9.64 Å². The van der Waals surface area contributed by atoms with E-state index in [2.05, 4.69) is 0 Å². The number of benzene rings is 3. The van der Waals surface area contributed by atoms with Gasteiger partial charge in [-0.15, -0.1) is 0 Å². The molecule has 0 unspecified atom stereocenters. The smallest absolute Gasteiger partial charge is 0.254 e. The molecule has 0 radical (unpaired) electrons. The summed E-state index contributed by atoms with van der Waals surface area (Å²) in [6, 6.07) is 24.3. The van der Waals surface area contributed by atoms with Crippen molar-refractivity contribution < 1.29 is 14.3 Å². The van der Waals surface area contributed by atoms with Crippen LogP contribution in [0.4, 0.5) is 0 Å². The van der Waals surface area contributed by atoms with E-state index in [0.29, 0.717) is 24.2 Å². The highest BCUT2D eigenvalue weighted by molar-refractivity contribution is 5.94. The molecule has 0 aromatic heterocycles. The van der Waals surface area contributed by atoms with E-state index >= 15 is 0 Å². The van der Waals surface area contributed by atoms with Crippen LogP contribution in [0.1, 0.15) is 31.8 Å². The number of aldehydes is 1. The van der Waals surface area contributed by atoms with Gasteiger partial charge >= 0.3 is 0 Å². The fraction of sp³-hybridized carbons (Fsp3) is 0.130. The van der Waals surface area contributed by atoms with E-state index in [4.69, 9.17) is 4.74 Å². The predicted molar refractivity (Wildman–Crippen MR) is 105 cm³/mol. The molecule has 0 bridgehead atoms. The lowest BCUT2D eigenvalue weighted by atomic mass is 10.1. The molecular formula is C23H21NO3. The molecule has 0 atom stereocenters. The van der Waals surface area contributed by atoms with Gasteiger partial charge in [0.2, 0.25) is 0 Å². The lowest BCUT2D eigenvalue weighted by Gasteiger charge is -2.23. The van der Waals surface area contributed by atoms with Gasteiger partial charge in [-0.2, -0.15) is 0 Å². The molecule has 4 heteroatoms. The number of hydrogen-bond donors (Lipinski definition) is 0. The van der Waals surface area contributed by atoms with Gasteiger partial charge in [-0.25, -0.2) is 0 Å². The summed E-state index contributed by atoms with van der Waals surface area (Å²) in [5.74, 6) is 0.705. The number of carbonyl (C=O) groups is 2. The second kappa shape index (κ2) is 8.81. The number of carbonyl (C=O) groups excluding carboxylic acids is 2. The summed E-state index contributed by atoms with van der Waals surface area (Å²) < 4.78 is 5.20. The van der Waals surface area contributed by atoms with Crippen LogP contribution in [-0.4, -0.2) is 24.2 Å². The Morgan fingerprint density at radius 2 is 1.44 bits per heavy atom. The molecule has 0 aliphatic heterocycles. The van der Waals surface area contributed by atoms with E-state index in [0.717, 1.165) is 23.2 Å². The quantitative estimate of drug-likeness (QED) is 0.589. The Balaban J connectivity index is 1.85. The average molecular weight is 359 g/mol. The average Bonchev–Trinajstić information content (AvgIpc) is 2.74. The minimum Gasteiger partial charge on any atom is -0.497 e. The number of nitrogens with zero attached hydrogens (tertiary/aromatic N) is 1. The maximum absolute atomic E-state index is 13.1.